The van der Waals surface area contributed by atoms with Gasteiger partial charge in [-0.05, 0) is 42.7 Å². The van der Waals surface area contributed by atoms with E-state index in [0.717, 1.165) is 33.4 Å². The number of aryl methyl sites for hydroxylation is 1. The van der Waals surface area contributed by atoms with Crippen molar-refractivity contribution < 1.29 is 22.4 Å². The number of benzene rings is 2. The van der Waals surface area contributed by atoms with Gasteiger partial charge in [0, 0.05) is 23.5 Å². The summed E-state index contributed by atoms with van der Waals surface area (Å²) >= 11 is 0. The lowest BCUT2D eigenvalue weighted by atomic mass is 10.1. The lowest BCUT2D eigenvalue weighted by Crippen LogP contribution is -2.41. The largest absolute Gasteiger partial charge is 0.497 e. The van der Waals surface area contributed by atoms with Crippen LogP contribution in [0.2, 0.25) is 0 Å². The summed E-state index contributed by atoms with van der Waals surface area (Å²) in [6, 6.07) is 13.1. The standard InChI is InChI=1S/C23H25NO5S/c1-16-3-8-21-18(14-29-22(21)11-16)12-23(25)24(19-9-10-30(26,27)15-19)13-17-4-6-20(28-2)7-5-17/h3-8,11,14,19H,9-10,12-13,15H2,1-2H3/t19-/m0/s1. The molecule has 4 rings (SSSR count). The zero-order valence-corrected chi connectivity index (χ0v) is 17.9. The summed E-state index contributed by atoms with van der Waals surface area (Å²) in [5.74, 6) is 0.773. The summed E-state index contributed by atoms with van der Waals surface area (Å²) in [5.41, 5.74) is 3.59. The smallest absolute Gasteiger partial charge is 0.227 e. The number of fused-ring (bicyclic) bond motifs is 1. The molecule has 1 amide bonds. The van der Waals surface area contributed by atoms with Crippen LogP contribution >= 0.6 is 0 Å². The highest BCUT2D eigenvalue weighted by atomic mass is 32.2. The van der Waals surface area contributed by atoms with Crippen LogP contribution in [0.5, 0.6) is 5.75 Å². The van der Waals surface area contributed by atoms with Gasteiger partial charge in [-0.25, -0.2) is 8.42 Å². The zero-order valence-electron chi connectivity index (χ0n) is 17.1. The van der Waals surface area contributed by atoms with Gasteiger partial charge in [-0.2, -0.15) is 0 Å². The minimum Gasteiger partial charge on any atom is -0.497 e. The van der Waals surface area contributed by atoms with Gasteiger partial charge in [-0.3, -0.25) is 4.79 Å². The number of furan rings is 1. The maximum Gasteiger partial charge on any atom is 0.227 e. The second-order valence-corrected chi connectivity index (χ2v) is 10.1. The second-order valence-electron chi connectivity index (χ2n) is 7.86. The number of nitrogens with zero attached hydrogens (tertiary/aromatic N) is 1. The molecule has 0 bridgehead atoms. The summed E-state index contributed by atoms with van der Waals surface area (Å²) in [4.78, 5) is 15.0. The quantitative estimate of drug-likeness (QED) is 0.602. The molecule has 2 heterocycles. The molecule has 158 valence electrons. The Bertz CT molecular complexity index is 1160. The van der Waals surface area contributed by atoms with Gasteiger partial charge in [0.2, 0.25) is 5.91 Å². The number of amides is 1. The first-order valence-corrected chi connectivity index (χ1v) is 11.8. The minimum absolute atomic E-state index is 0.0141. The van der Waals surface area contributed by atoms with E-state index in [0.29, 0.717) is 13.0 Å². The average molecular weight is 428 g/mol. The first-order chi connectivity index (χ1) is 14.3. The molecule has 0 saturated carbocycles. The fourth-order valence-corrected chi connectivity index (χ4v) is 5.69. The molecule has 1 aliphatic heterocycles. The Morgan fingerprint density at radius 2 is 1.97 bits per heavy atom. The molecule has 30 heavy (non-hydrogen) atoms. The average Bonchev–Trinajstić information content (AvgIpc) is 3.28. The third-order valence-electron chi connectivity index (χ3n) is 5.63. The molecule has 0 unspecified atom stereocenters. The highest BCUT2D eigenvalue weighted by Crippen LogP contribution is 2.26. The van der Waals surface area contributed by atoms with Crippen molar-refractivity contribution in [3.05, 3.63) is 65.4 Å². The van der Waals surface area contributed by atoms with E-state index in [1.807, 2.05) is 49.4 Å². The predicted molar refractivity (Wildman–Crippen MR) is 115 cm³/mol. The Kier molecular flexibility index (Phi) is 5.56. The van der Waals surface area contributed by atoms with E-state index in [9.17, 15) is 13.2 Å². The summed E-state index contributed by atoms with van der Waals surface area (Å²) in [6.45, 7) is 2.35. The first kappa shape index (κ1) is 20.5. The molecule has 0 radical (unpaired) electrons. The SMILES string of the molecule is COc1ccc(CN(C(=O)Cc2coc3cc(C)ccc23)[C@H]2CCS(=O)(=O)C2)cc1. The molecule has 1 fully saturated rings. The Morgan fingerprint density at radius 3 is 2.63 bits per heavy atom. The molecule has 0 N–H and O–H groups in total. The zero-order chi connectivity index (χ0) is 21.3. The first-order valence-electron chi connectivity index (χ1n) is 9.94. The van der Waals surface area contributed by atoms with Crippen molar-refractivity contribution in [2.24, 2.45) is 0 Å². The van der Waals surface area contributed by atoms with Gasteiger partial charge in [-0.1, -0.05) is 24.3 Å². The highest BCUT2D eigenvalue weighted by Gasteiger charge is 2.34. The third-order valence-corrected chi connectivity index (χ3v) is 7.38. The van der Waals surface area contributed by atoms with Crippen molar-refractivity contribution in [2.75, 3.05) is 18.6 Å². The number of carbonyl (C=O) groups is 1. The van der Waals surface area contributed by atoms with E-state index in [-0.39, 0.29) is 29.9 Å². The van der Waals surface area contributed by atoms with Gasteiger partial charge in [0.25, 0.3) is 0 Å². The van der Waals surface area contributed by atoms with Gasteiger partial charge >= 0.3 is 0 Å². The Morgan fingerprint density at radius 1 is 1.20 bits per heavy atom. The molecule has 1 aromatic heterocycles. The van der Waals surface area contributed by atoms with Crippen molar-refractivity contribution in [3.8, 4) is 5.75 Å². The molecule has 0 spiro atoms. The number of ether oxygens (including phenoxy) is 1. The summed E-state index contributed by atoms with van der Waals surface area (Å²) < 4.78 is 34.9. The normalized spacial score (nSPS) is 17.9. The molecule has 0 aliphatic carbocycles. The molecular weight excluding hydrogens is 402 g/mol. The Balaban J connectivity index is 1.59. The number of methoxy groups -OCH3 is 1. The van der Waals surface area contributed by atoms with Gasteiger partial charge < -0.3 is 14.1 Å². The molecule has 3 aromatic rings. The van der Waals surface area contributed by atoms with Crippen LogP contribution in [-0.4, -0.2) is 43.9 Å². The topological polar surface area (TPSA) is 76.8 Å². The fourth-order valence-electron chi connectivity index (χ4n) is 3.96. The van der Waals surface area contributed by atoms with Crippen LogP contribution in [0.25, 0.3) is 11.0 Å². The number of sulfone groups is 1. The number of rotatable bonds is 6. The van der Waals surface area contributed by atoms with E-state index >= 15 is 0 Å². The maximum atomic E-state index is 13.3. The van der Waals surface area contributed by atoms with Crippen molar-refractivity contribution in [2.45, 2.75) is 32.4 Å². The van der Waals surface area contributed by atoms with Crippen LogP contribution in [0.1, 0.15) is 23.1 Å². The minimum atomic E-state index is -3.11. The summed E-state index contributed by atoms with van der Waals surface area (Å²) in [7, 11) is -1.51. The van der Waals surface area contributed by atoms with E-state index in [2.05, 4.69) is 0 Å². The molecule has 2 aromatic carbocycles. The molecule has 7 heteroatoms. The van der Waals surface area contributed by atoms with E-state index in [4.69, 9.17) is 9.15 Å². The van der Waals surface area contributed by atoms with Gasteiger partial charge in [0.05, 0.1) is 31.3 Å². The lowest BCUT2D eigenvalue weighted by molar-refractivity contribution is -0.133. The van der Waals surface area contributed by atoms with Gasteiger partial charge in [0.1, 0.15) is 11.3 Å². The highest BCUT2D eigenvalue weighted by molar-refractivity contribution is 7.91. The van der Waals surface area contributed by atoms with Gasteiger partial charge in [-0.15, -0.1) is 0 Å². The fraction of sp³-hybridized carbons (Fsp3) is 0.348. The van der Waals surface area contributed by atoms with Crippen molar-refractivity contribution >= 4 is 26.7 Å². The van der Waals surface area contributed by atoms with Crippen LogP contribution < -0.4 is 4.74 Å². The van der Waals surface area contributed by atoms with Crippen LogP contribution in [-0.2, 0) is 27.6 Å². The molecular formula is C23H25NO5S. The van der Waals surface area contributed by atoms with Crippen LogP contribution in [0.4, 0.5) is 0 Å². The number of hydrogen-bond donors (Lipinski definition) is 0. The van der Waals surface area contributed by atoms with Crippen LogP contribution in [0.3, 0.4) is 0 Å². The van der Waals surface area contributed by atoms with Crippen molar-refractivity contribution in [1.82, 2.24) is 4.90 Å². The van der Waals surface area contributed by atoms with E-state index in [1.165, 1.54) is 0 Å². The Hall–Kier alpha value is -2.80. The van der Waals surface area contributed by atoms with Crippen LogP contribution in [0.15, 0.2) is 53.1 Å². The summed E-state index contributed by atoms with van der Waals surface area (Å²) in [6.07, 6.45) is 2.26. The third kappa shape index (κ3) is 4.36. The molecule has 1 aliphatic rings. The lowest BCUT2D eigenvalue weighted by Gasteiger charge is -2.28. The van der Waals surface area contributed by atoms with E-state index in [1.54, 1.807) is 18.3 Å². The molecule has 1 atom stereocenters. The molecule has 1 saturated heterocycles. The second kappa shape index (κ2) is 8.14. The number of carbonyl (C=O) groups excluding carboxylic acids is 1. The van der Waals surface area contributed by atoms with E-state index < -0.39 is 9.84 Å². The van der Waals surface area contributed by atoms with Crippen molar-refractivity contribution in [3.63, 3.8) is 0 Å². The monoisotopic (exact) mass is 427 g/mol. The predicted octanol–water partition coefficient (Wildman–Crippen LogP) is 3.51. The van der Waals surface area contributed by atoms with Gasteiger partial charge in [0.15, 0.2) is 9.84 Å². The summed E-state index contributed by atoms with van der Waals surface area (Å²) in [5, 5.41) is 0.914. The van der Waals surface area contributed by atoms with Crippen LogP contribution in [0, 0.1) is 6.92 Å². The Labute approximate surface area is 176 Å². The number of hydrogen-bond acceptors (Lipinski definition) is 5. The van der Waals surface area contributed by atoms with Crippen molar-refractivity contribution in [1.29, 1.82) is 0 Å². The molecule has 6 nitrogen and oxygen atoms in total. The maximum absolute atomic E-state index is 13.3.